The third-order valence-corrected chi connectivity index (χ3v) is 9.26. The van der Waals surface area contributed by atoms with Gasteiger partial charge in [-0.05, 0) is 116 Å². The Labute approximate surface area is 243 Å². The molecule has 3 aromatic carbocycles. The van der Waals surface area contributed by atoms with E-state index in [0.717, 1.165) is 36.7 Å². The van der Waals surface area contributed by atoms with Crippen molar-refractivity contribution in [3.63, 3.8) is 0 Å². The molecule has 41 heavy (non-hydrogen) atoms. The molecule has 3 heteroatoms. The van der Waals surface area contributed by atoms with E-state index in [1.165, 1.54) is 37.7 Å². The Morgan fingerprint density at radius 3 is 2.07 bits per heavy atom. The van der Waals surface area contributed by atoms with Crippen LogP contribution in [-0.4, -0.2) is 0 Å². The Bertz CT molecular complexity index is 1400. The van der Waals surface area contributed by atoms with E-state index in [1.54, 1.807) is 42.5 Å². The fraction of sp³-hybridized carbons (Fsp3) is 0.368. The molecule has 0 bridgehead atoms. The highest BCUT2D eigenvalue weighted by Gasteiger charge is 2.28. The van der Waals surface area contributed by atoms with Crippen LogP contribution in [-0.2, 0) is 6.42 Å². The summed E-state index contributed by atoms with van der Waals surface area (Å²) in [6, 6.07) is 15.8. The van der Waals surface area contributed by atoms with Crippen LogP contribution in [0.25, 0.3) is 27.8 Å². The van der Waals surface area contributed by atoms with Crippen molar-refractivity contribution in [3.8, 4) is 22.3 Å². The second-order valence-electron chi connectivity index (χ2n) is 11.8. The van der Waals surface area contributed by atoms with E-state index < -0.39 is 11.6 Å². The fourth-order valence-electron chi connectivity index (χ4n) is 6.70. The molecule has 0 spiro atoms. The summed E-state index contributed by atoms with van der Waals surface area (Å²) < 4.78 is 45.0. The molecule has 1 fully saturated rings. The van der Waals surface area contributed by atoms with Gasteiger partial charge in [-0.2, -0.15) is 0 Å². The molecule has 1 saturated carbocycles. The number of aryl methyl sites for hydroxylation is 1. The molecule has 0 heterocycles. The van der Waals surface area contributed by atoms with E-state index in [4.69, 9.17) is 0 Å². The van der Waals surface area contributed by atoms with E-state index in [9.17, 15) is 8.78 Å². The zero-order chi connectivity index (χ0) is 28.8. The Morgan fingerprint density at radius 1 is 0.756 bits per heavy atom. The first-order valence-electron chi connectivity index (χ1n) is 15.3. The molecule has 2 aliphatic carbocycles. The van der Waals surface area contributed by atoms with Crippen LogP contribution in [0.15, 0.2) is 85.5 Å². The van der Waals surface area contributed by atoms with Gasteiger partial charge in [0.25, 0.3) is 0 Å². The number of hydrogen-bond acceptors (Lipinski definition) is 0. The van der Waals surface area contributed by atoms with Gasteiger partial charge in [0, 0.05) is 11.1 Å². The lowest BCUT2D eigenvalue weighted by Crippen LogP contribution is -2.22. The molecule has 214 valence electrons. The maximum absolute atomic E-state index is 15.3. The molecule has 0 nitrogen and oxygen atoms in total. The molecule has 3 aromatic rings. The molecule has 0 aliphatic heterocycles. The van der Waals surface area contributed by atoms with Crippen molar-refractivity contribution < 1.29 is 13.2 Å². The first-order chi connectivity index (χ1) is 20.0. The second-order valence-corrected chi connectivity index (χ2v) is 11.8. The van der Waals surface area contributed by atoms with Crippen LogP contribution in [0.3, 0.4) is 0 Å². The molecule has 1 unspecified atom stereocenters. The molecule has 0 radical (unpaired) electrons. The van der Waals surface area contributed by atoms with Crippen LogP contribution in [0.2, 0.25) is 0 Å². The minimum atomic E-state index is -0.835. The zero-order valence-electron chi connectivity index (χ0n) is 24.1. The normalized spacial score (nSPS) is 21.2. The maximum atomic E-state index is 15.3. The lowest BCUT2D eigenvalue weighted by molar-refractivity contribution is 0.212. The molecular formula is C38H41F3. The van der Waals surface area contributed by atoms with Gasteiger partial charge in [0.2, 0.25) is 0 Å². The van der Waals surface area contributed by atoms with Gasteiger partial charge in [-0.15, -0.1) is 6.58 Å². The molecule has 5 rings (SSSR count). The summed E-state index contributed by atoms with van der Waals surface area (Å²) in [6.45, 7) is 6.01. The number of hydrogen-bond donors (Lipinski definition) is 0. The summed E-state index contributed by atoms with van der Waals surface area (Å²) in [5.74, 6) is 0.350. The molecule has 0 N–H and O–H groups in total. The summed E-state index contributed by atoms with van der Waals surface area (Å²) in [4.78, 5) is 0. The Morgan fingerprint density at radius 2 is 1.44 bits per heavy atom. The lowest BCUT2D eigenvalue weighted by Gasteiger charge is -2.34. The summed E-state index contributed by atoms with van der Waals surface area (Å²) >= 11 is 0. The first-order valence-corrected chi connectivity index (χ1v) is 15.3. The average Bonchev–Trinajstić information content (AvgIpc) is 3.01. The number of rotatable bonds is 9. The predicted molar refractivity (Wildman–Crippen MR) is 166 cm³/mol. The standard InChI is InChI=1S/C38H41F3/c1-3-5-6-7-8-32-21-24-35(38(41)37(32)40)31-19-17-30(18-20-31)34-23-22-33(25-36(34)39)29-15-13-28(14-16-29)27-11-9-26(4-2)10-12-27/h4-6,15,17-28H,2-3,7-14,16H2,1H3/b6-5+. The second kappa shape index (κ2) is 13.6. The number of allylic oxidation sites excluding steroid dienone is 5. The van der Waals surface area contributed by atoms with Crippen LogP contribution in [0, 0.1) is 35.2 Å². The quantitative estimate of drug-likeness (QED) is 0.231. The minimum absolute atomic E-state index is 0.217. The van der Waals surface area contributed by atoms with Gasteiger partial charge in [-0.3, -0.25) is 0 Å². The van der Waals surface area contributed by atoms with Crippen molar-refractivity contribution >= 4 is 5.57 Å². The van der Waals surface area contributed by atoms with E-state index >= 15 is 4.39 Å². The molecule has 2 aliphatic rings. The average molecular weight is 555 g/mol. The van der Waals surface area contributed by atoms with E-state index in [2.05, 4.69) is 18.7 Å². The van der Waals surface area contributed by atoms with E-state index in [0.29, 0.717) is 41.0 Å². The number of halogens is 3. The van der Waals surface area contributed by atoms with Crippen LogP contribution in [0.4, 0.5) is 13.2 Å². The Balaban J connectivity index is 1.25. The largest absolute Gasteiger partial charge is 0.206 e. The highest BCUT2D eigenvalue weighted by Crippen LogP contribution is 2.42. The molecular weight excluding hydrogens is 513 g/mol. The van der Waals surface area contributed by atoms with Gasteiger partial charge in [-0.25, -0.2) is 13.2 Å². The van der Waals surface area contributed by atoms with Crippen LogP contribution < -0.4 is 0 Å². The van der Waals surface area contributed by atoms with Gasteiger partial charge in [-0.1, -0.05) is 79.8 Å². The van der Waals surface area contributed by atoms with Crippen molar-refractivity contribution in [1.82, 2.24) is 0 Å². The monoisotopic (exact) mass is 554 g/mol. The fourth-order valence-corrected chi connectivity index (χ4v) is 6.70. The Hall–Kier alpha value is -3.33. The smallest absolute Gasteiger partial charge is 0.166 e. The molecule has 1 atom stereocenters. The highest BCUT2D eigenvalue weighted by atomic mass is 19.2. The molecule has 0 aromatic heterocycles. The van der Waals surface area contributed by atoms with Crippen molar-refractivity contribution in [2.24, 2.45) is 17.8 Å². The summed E-state index contributed by atoms with van der Waals surface area (Å²) in [5.41, 5.74) is 4.59. The van der Waals surface area contributed by atoms with Crippen molar-refractivity contribution in [2.45, 2.75) is 71.1 Å². The molecule has 0 amide bonds. The number of benzene rings is 3. The zero-order valence-corrected chi connectivity index (χ0v) is 24.1. The van der Waals surface area contributed by atoms with Crippen LogP contribution >= 0.6 is 0 Å². The third kappa shape index (κ3) is 6.77. The van der Waals surface area contributed by atoms with Gasteiger partial charge >= 0.3 is 0 Å². The Kier molecular flexibility index (Phi) is 9.64. The minimum Gasteiger partial charge on any atom is -0.206 e. The summed E-state index contributed by atoms with van der Waals surface area (Å²) in [7, 11) is 0. The van der Waals surface area contributed by atoms with E-state index in [-0.39, 0.29) is 11.4 Å². The van der Waals surface area contributed by atoms with Crippen molar-refractivity contribution in [1.29, 1.82) is 0 Å². The van der Waals surface area contributed by atoms with E-state index in [1.807, 2.05) is 31.2 Å². The van der Waals surface area contributed by atoms with Gasteiger partial charge in [0.15, 0.2) is 11.6 Å². The highest BCUT2D eigenvalue weighted by molar-refractivity contribution is 5.74. The van der Waals surface area contributed by atoms with Crippen molar-refractivity contribution in [3.05, 3.63) is 114 Å². The predicted octanol–water partition coefficient (Wildman–Crippen LogP) is 11.5. The van der Waals surface area contributed by atoms with Crippen molar-refractivity contribution in [2.75, 3.05) is 0 Å². The van der Waals surface area contributed by atoms with Gasteiger partial charge < -0.3 is 0 Å². The SMILES string of the molecule is C=CC1CCC(C2CC=C(c3ccc(-c4ccc(-c5ccc(CC/C=C/CC)c(F)c5F)cc4)c(F)c3)CC2)CC1. The lowest BCUT2D eigenvalue weighted by atomic mass is 9.71. The summed E-state index contributed by atoms with van der Waals surface area (Å²) in [5, 5.41) is 0. The topological polar surface area (TPSA) is 0 Å². The summed E-state index contributed by atoms with van der Waals surface area (Å²) in [6.07, 6.45) is 18.9. The van der Waals surface area contributed by atoms with Gasteiger partial charge in [0.1, 0.15) is 5.82 Å². The van der Waals surface area contributed by atoms with Gasteiger partial charge in [0.05, 0.1) is 0 Å². The van der Waals surface area contributed by atoms with Crippen LogP contribution in [0.5, 0.6) is 0 Å². The first kappa shape index (κ1) is 29.2. The molecule has 0 saturated heterocycles. The third-order valence-electron chi connectivity index (χ3n) is 9.26. The maximum Gasteiger partial charge on any atom is 0.166 e. The van der Waals surface area contributed by atoms with Crippen LogP contribution in [0.1, 0.15) is 75.8 Å².